The van der Waals surface area contributed by atoms with Crippen LogP contribution in [0.3, 0.4) is 0 Å². The van der Waals surface area contributed by atoms with E-state index in [1.165, 1.54) is 0 Å². The summed E-state index contributed by atoms with van der Waals surface area (Å²) in [6, 6.07) is 0.551. The molecule has 1 N–H and O–H groups in total. The smallest absolute Gasteiger partial charge is 0.265 e. The fraction of sp³-hybridized carbons (Fsp3) is 0.417. The molecule has 1 aliphatic rings. The summed E-state index contributed by atoms with van der Waals surface area (Å²) in [5, 5.41) is 1.76. The van der Waals surface area contributed by atoms with Crippen molar-refractivity contribution in [2.45, 2.75) is 24.2 Å². The number of amides is 1. The molecule has 0 aromatic heterocycles. The lowest BCUT2D eigenvalue weighted by Gasteiger charge is -2.10. The number of nitrogens with one attached hydrogen (secondary N) is 1. The lowest BCUT2D eigenvalue weighted by atomic mass is 10.2. The van der Waals surface area contributed by atoms with Gasteiger partial charge >= 0.3 is 0 Å². The van der Waals surface area contributed by atoms with Crippen molar-refractivity contribution >= 4 is 37.2 Å². The molecule has 0 spiro atoms. The van der Waals surface area contributed by atoms with Gasteiger partial charge in [0.05, 0.1) is 10.6 Å². The maximum atomic E-state index is 13.5. The highest BCUT2D eigenvalue weighted by molar-refractivity contribution is 8.13. The Morgan fingerprint density at radius 2 is 2.00 bits per heavy atom. The van der Waals surface area contributed by atoms with Crippen LogP contribution >= 0.6 is 22.3 Å². The standard InChI is InChI=1S/C12H11Cl2F2NO3S/c13-9-7(12(18)17-4-3-6-1-2-6)5-8(15)10(16)11(9)21(14,19)20/h5-6H,1-4H2,(H,17,18). The highest BCUT2D eigenvalue weighted by atomic mass is 35.7. The second-order valence-electron chi connectivity index (χ2n) is 4.79. The van der Waals surface area contributed by atoms with Crippen LogP contribution in [0.2, 0.25) is 5.02 Å². The second kappa shape index (κ2) is 6.06. The molecule has 0 atom stereocenters. The highest BCUT2D eigenvalue weighted by Gasteiger charge is 2.29. The molecular weight excluding hydrogens is 347 g/mol. The summed E-state index contributed by atoms with van der Waals surface area (Å²) < 4.78 is 49.5. The number of rotatable bonds is 5. The third-order valence-corrected chi connectivity index (χ3v) is 4.98. The summed E-state index contributed by atoms with van der Waals surface area (Å²) in [4.78, 5) is 10.7. The average molecular weight is 358 g/mol. The maximum absolute atomic E-state index is 13.5. The first-order valence-corrected chi connectivity index (χ1v) is 8.81. The normalized spacial score (nSPS) is 15.0. The van der Waals surface area contributed by atoms with Crippen molar-refractivity contribution in [1.29, 1.82) is 0 Å². The largest absolute Gasteiger partial charge is 0.352 e. The summed E-state index contributed by atoms with van der Waals surface area (Å²) in [6.07, 6.45) is 2.99. The summed E-state index contributed by atoms with van der Waals surface area (Å²) in [6.45, 7) is 0.349. The molecule has 0 heterocycles. The van der Waals surface area contributed by atoms with E-state index in [1.807, 2.05) is 0 Å². The summed E-state index contributed by atoms with van der Waals surface area (Å²) >= 11 is 5.69. The molecule has 116 valence electrons. The first-order valence-electron chi connectivity index (χ1n) is 6.12. The van der Waals surface area contributed by atoms with Gasteiger partial charge < -0.3 is 5.32 Å². The van der Waals surface area contributed by atoms with Gasteiger partial charge in [-0.1, -0.05) is 24.4 Å². The van der Waals surface area contributed by atoms with Crippen molar-refractivity contribution in [3.05, 3.63) is 28.3 Å². The van der Waals surface area contributed by atoms with Gasteiger partial charge in [-0.25, -0.2) is 17.2 Å². The van der Waals surface area contributed by atoms with Gasteiger partial charge in [-0.15, -0.1) is 0 Å². The topological polar surface area (TPSA) is 63.2 Å². The zero-order chi connectivity index (χ0) is 15.8. The van der Waals surface area contributed by atoms with Crippen molar-refractivity contribution in [2.75, 3.05) is 6.54 Å². The van der Waals surface area contributed by atoms with Crippen molar-refractivity contribution in [2.24, 2.45) is 5.92 Å². The zero-order valence-corrected chi connectivity index (χ0v) is 13.0. The Morgan fingerprint density at radius 1 is 1.38 bits per heavy atom. The van der Waals surface area contributed by atoms with Gasteiger partial charge in [0.25, 0.3) is 15.0 Å². The van der Waals surface area contributed by atoms with Gasteiger partial charge in [0.15, 0.2) is 11.6 Å². The Balaban J connectivity index is 2.30. The van der Waals surface area contributed by atoms with E-state index in [1.54, 1.807) is 0 Å². The van der Waals surface area contributed by atoms with Crippen molar-refractivity contribution in [1.82, 2.24) is 5.32 Å². The molecule has 0 radical (unpaired) electrons. The molecule has 1 fully saturated rings. The van der Waals surface area contributed by atoms with Crippen molar-refractivity contribution in [3.8, 4) is 0 Å². The van der Waals surface area contributed by atoms with Gasteiger partial charge in [-0.05, 0) is 18.4 Å². The third kappa shape index (κ3) is 3.84. The third-order valence-electron chi connectivity index (χ3n) is 3.14. The molecule has 0 aliphatic heterocycles. The number of carbonyl (C=O) groups excluding carboxylic acids is 1. The monoisotopic (exact) mass is 357 g/mol. The highest BCUT2D eigenvalue weighted by Crippen LogP contribution is 2.33. The Morgan fingerprint density at radius 3 is 2.52 bits per heavy atom. The van der Waals surface area contributed by atoms with Crippen LogP contribution in [0.1, 0.15) is 29.6 Å². The quantitative estimate of drug-likeness (QED) is 0.650. The Labute approximate surface area is 129 Å². The van der Waals surface area contributed by atoms with Gasteiger partial charge in [-0.3, -0.25) is 4.79 Å². The summed E-state index contributed by atoms with van der Waals surface area (Å²) in [5.41, 5.74) is -0.467. The van der Waals surface area contributed by atoms with E-state index in [2.05, 4.69) is 5.32 Å². The molecule has 1 aromatic rings. The molecule has 0 saturated heterocycles. The molecule has 21 heavy (non-hydrogen) atoms. The molecule has 1 amide bonds. The Bertz CT molecular complexity index is 690. The zero-order valence-electron chi connectivity index (χ0n) is 10.6. The van der Waals surface area contributed by atoms with E-state index >= 15 is 0 Å². The second-order valence-corrected chi connectivity index (χ2v) is 7.67. The van der Waals surface area contributed by atoms with Gasteiger partial charge in [-0.2, -0.15) is 0 Å². The summed E-state index contributed by atoms with van der Waals surface area (Å²) in [7, 11) is 0.400. The van der Waals surface area contributed by atoms with E-state index in [4.69, 9.17) is 22.3 Å². The average Bonchev–Trinajstić information content (AvgIpc) is 3.16. The minimum atomic E-state index is -4.62. The fourth-order valence-corrected chi connectivity index (χ4v) is 3.57. The predicted octanol–water partition coefficient (Wildman–Crippen LogP) is 3.08. The molecule has 1 aliphatic carbocycles. The molecule has 2 rings (SSSR count). The molecule has 9 heteroatoms. The van der Waals surface area contributed by atoms with Gasteiger partial charge in [0.2, 0.25) is 0 Å². The van der Waals surface area contributed by atoms with Gasteiger partial charge in [0, 0.05) is 17.2 Å². The SMILES string of the molecule is O=C(NCCC1CC1)c1cc(F)c(F)c(S(=O)(=O)Cl)c1Cl. The molecule has 1 aromatic carbocycles. The number of carbonyl (C=O) groups is 1. The first kappa shape index (κ1) is 16.5. The van der Waals surface area contributed by atoms with E-state index in [9.17, 15) is 22.0 Å². The molecule has 0 bridgehead atoms. The Hall–Kier alpha value is -0.920. The maximum Gasteiger partial charge on any atom is 0.265 e. The van der Waals surface area contributed by atoms with E-state index in [0.29, 0.717) is 18.5 Å². The molecule has 1 saturated carbocycles. The lowest BCUT2D eigenvalue weighted by Crippen LogP contribution is -2.25. The van der Waals surface area contributed by atoms with Crippen molar-refractivity contribution < 1.29 is 22.0 Å². The summed E-state index contributed by atoms with van der Waals surface area (Å²) in [5.74, 6) is -3.42. The van der Waals surface area contributed by atoms with Crippen LogP contribution in [-0.4, -0.2) is 20.9 Å². The molecule has 0 unspecified atom stereocenters. The number of hydrogen-bond donors (Lipinski definition) is 1. The first-order chi connectivity index (χ1) is 9.71. The fourth-order valence-electron chi connectivity index (χ4n) is 1.85. The van der Waals surface area contributed by atoms with Crippen molar-refractivity contribution in [3.63, 3.8) is 0 Å². The van der Waals surface area contributed by atoms with Crippen LogP contribution in [0.15, 0.2) is 11.0 Å². The molecule has 4 nitrogen and oxygen atoms in total. The minimum absolute atomic E-state index is 0.349. The predicted molar refractivity (Wildman–Crippen MR) is 74.1 cm³/mol. The van der Waals surface area contributed by atoms with E-state index < -0.39 is 42.1 Å². The number of hydrogen-bond acceptors (Lipinski definition) is 3. The van der Waals surface area contributed by atoms with E-state index in [-0.39, 0.29) is 0 Å². The van der Waals surface area contributed by atoms with Crippen LogP contribution in [0.5, 0.6) is 0 Å². The van der Waals surface area contributed by atoms with Crippen LogP contribution in [-0.2, 0) is 9.05 Å². The van der Waals surface area contributed by atoms with Crippen LogP contribution in [0.4, 0.5) is 8.78 Å². The minimum Gasteiger partial charge on any atom is -0.352 e. The van der Waals surface area contributed by atoms with Gasteiger partial charge in [0.1, 0.15) is 4.90 Å². The van der Waals surface area contributed by atoms with Crippen LogP contribution in [0, 0.1) is 17.6 Å². The Kier molecular flexibility index (Phi) is 4.75. The molecular formula is C12H11Cl2F2NO3S. The number of halogens is 4. The lowest BCUT2D eigenvalue weighted by molar-refractivity contribution is 0.0952. The van der Waals surface area contributed by atoms with Crippen LogP contribution < -0.4 is 5.32 Å². The van der Waals surface area contributed by atoms with Crippen LogP contribution in [0.25, 0.3) is 0 Å². The number of benzene rings is 1. The van der Waals surface area contributed by atoms with E-state index in [0.717, 1.165) is 19.3 Å².